The van der Waals surface area contributed by atoms with Gasteiger partial charge < -0.3 is 21.3 Å². The first-order valence-corrected chi connectivity index (χ1v) is 17.0. The summed E-state index contributed by atoms with van der Waals surface area (Å²) in [5, 5.41) is 24.7. The minimum absolute atomic E-state index is 0.0669. The molecule has 0 radical (unpaired) electrons. The van der Waals surface area contributed by atoms with Gasteiger partial charge in [-0.3, -0.25) is 0 Å². The van der Waals surface area contributed by atoms with Gasteiger partial charge in [0.2, 0.25) is 31.8 Å². The molecule has 5 N–H and O–H groups in total. The van der Waals surface area contributed by atoms with E-state index in [0.29, 0.717) is 66.6 Å². The van der Waals surface area contributed by atoms with Crippen LogP contribution in [0.1, 0.15) is 25.7 Å². The summed E-state index contributed by atoms with van der Waals surface area (Å²) in [4.78, 5) is 8.02. The van der Waals surface area contributed by atoms with E-state index in [1.165, 1.54) is 21.0 Å². The molecule has 2 aliphatic rings. The van der Waals surface area contributed by atoms with Crippen LogP contribution in [-0.2, 0) is 20.0 Å². The van der Waals surface area contributed by atoms with Crippen molar-refractivity contribution in [1.29, 1.82) is 0 Å². The number of hydrogen-bond donors (Lipinski definition) is 4. The third-order valence-electron chi connectivity index (χ3n) is 8.09. The molecule has 2 saturated heterocycles. The normalized spacial score (nSPS) is 18.0. The Hall–Kier alpha value is -3.40. The monoisotopic (exact) mass is 628 g/mol. The molecule has 43 heavy (non-hydrogen) atoms. The lowest BCUT2D eigenvalue weighted by Crippen LogP contribution is -2.43. The van der Waals surface area contributed by atoms with Crippen LogP contribution in [0.5, 0.6) is 11.8 Å². The molecule has 12 nitrogen and oxygen atoms in total. The number of hydrogen-bond acceptors (Lipinski definition) is 10. The highest BCUT2D eigenvalue weighted by Gasteiger charge is 2.31. The fourth-order valence-electron chi connectivity index (χ4n) is 5.55. The Morgan fingerprint density at radius 2 is 1.12 bits per heavy atom. The Morgan fingerprint density at radius 1 is 0.698 bits per heavy atom. The Kier molecular flexibility index (Phi) is 9.15. The average Bonchev–Trinajstić information content (AvgIpc) is 3.01. The van der Waals surface area contributed by atoms with Crippen LogP contribution in [0.2, 0.25) is 0 Å². The Labute approximate surface area is 251 Å². The van der Waals surface area contributed by atoms with E-state index >= 15 is 0 Å². The largest absolute Gasteiger partial charge is 0.493 e. The quantitative estimate of drug-likeness (QED) is 0.256. The number of nitrogens with one attached hydrogen (secondary N) is 1. The lowest BCUT2D eigenvalue weighted by atomic mass is 10.1. The molecular formula is C29H36N6O6S2. The molecule has 2 aliphatic heterocycles. The Balaban J connectivity index is 0.000000171. The molecule has 0 atom stereocenters. The van der Waals surface area contributed by atoms with Crippen LogP contribution in [0, 0.1) is 0 Å². The van der Waals surface area contributed by atoms with Crippen LogP contribution in [0.15, 0.2) is 70.7 Å². The highest BCUT2D eigenvalue weighted by Crippen LogP contribution is 2.32. The van der Waals surface area contributed by atoms with Crippen molar-refractivity contribution in [3.05, 3.63) is 60.9 Å². The molecule has 0 aliphatic carbocycles. The standard InChI is InChI=1S/C15H19N3O3S.C14H17N3O3S/c1-16-11-6-9-18(10-7-11)22(20,21)14-4-2-3-13-12(14)5-8-17-15(13)19;15-10-5-8-17(9-6-10)21(19,20)13-3-1-2-12-11(13)4-7-16-14(12)18/h2-5,8,11,16H,6-7,9-10H2,1H3,(H,17,19);1-4,7,10H,5-6,8-9,15H2,(H,16,18). The van der Waals surface area contributed by atoms with E-state index < -0.39 is 20.0 Å². The van der Waals surface area contributed by atoms with Gasteiger partial charge >= 0.3 is 0 Å². The minimum atomic E-state index is -3.59. The summed E-state index contributed by atoms with van der Waals surface area (Å²) < 4.78 is 54.4. The number of aromatic hydroxyl groups is 2. The van der Waals surface area contributed by atoms with Crippen LogP contribution in [0.3, 0.4) is 0 Å². The smallest absolute Gasteiger partial charge is 0.243 e. The molecule has 0 spiro atoms. The summed E-state index contributed by atoms with van der Waals surface area (Å²) in [5.74, 6) is -0.311. The number of pyridine rings is 2. The van der Waals surface area contributed by atoms with E-state index in [0.717, 1.165) is 12.8 Å². The number of piperidine rings is 2. The third kappa shape index (κ3) is 6.30. The van der Waals surface area contributed by atoms with Crippen LogP contribution in [-0.4, -0.2) is 90.9 Å². The highest BCUT2D eigenvalue weighted by molar-refractivity contribution is 7.89. The summed E-state index contributed by atoms with van der Waals surface area (Å²) in [5.41, 5.74) is 5.83. The predicted octanol–water partition coefficient (Wildman–Crippen LogP) is 2.37. The Bertz CT molecular complexity index is 1820. The molecule has 2 aromatic carbocycles. The lowest BCUT2D eigenvalue weighted by Gasteiger charge is -2.31. The molecule has 2 fully saturated rings. The van der Waals surface area contributed by atoms with Crippen molar-refractivity contribution in [2.75, 3.05) is 33.2 Å². The number of rotatable bonds is 5. The summed E-state index contributed by atoms with van der Waals surface area (Å²) >= 11 is 0. The van der Waals surface area contributed by atoms with Gasteiger partial charge in [-0.2, -0.15) is 8.61 Å². The zero-order valence-electron chi connectivity index (χ0n) is 23.8. The summed E-state index contributed by atoms with van der Waals surface area (Å²) in [6, 6.07) is 13.4. The number of fused-ring (bicyclic) bond motifs is 2. The summed E-state index contributed by atoms with van der Waals surface area (Å²) in [6.07, 6.45) is 5.75. The molecule has 0 bridgehead atoms. The topological polar surface area (TPSA) is 179 Å². The van der Waals surface area contributed by atoms with Gasteiger partial charge in [0.1, 0.15) is 0 Å². The van der Waals surface area contributed by atoms with Crippen LogP contribution in [0.4, 0.5) is 0 Å². The lowest BCUT2D eigenvalue weighted by molar-refractivity contribution is 0.298. The van der Waals surface area contributed by atoms with Crippen molar-refractivity contribution in [2.24, 2.45) is 5.73 Å². The minimum Gasteiger partial charge on any atom is -0.493 e. The van der Waals surface area contributed by atoms with E-state index in [1.54, 1.807) is 48.5 Å². The van der Waals surface area contributed by atoms with Crippen molar-refractivity contribution in [2.45, 2.75) is 47.6 Å². The van der Waals surface area contributed by atoms with E-state index in [9.17, 15) is 27.0 Å². The number of sulfonamides is 2. The average molecular weight is 629 g/mol. The van der Waals surface area contributed by atoms with Gasteiger partial charge in [0.25, 0.3) is 0 Å². The van der Waals surface area contributed by atoms with Crippen molar-refractivity contribution >= 4 is 41.6 Å². The van der Waals surface area contributed by atoms with Crippen molar-refractivity contribution < 1.29 is 27.0 Å². The molecule has 2 aromatic heterocycles. The first kappa shape index (κ1) is 31.0. The van der Waals surface area contributed by atoms with Gasteiger partial charge in [0, 0.05) is 72.2 Å². The van der Waals surface area contributed by atoms with Gasteiger partial charge in [-0.15, -0.1) is 0 Å². The second kappa shape index (κ2) is 12.7. The predicted molar refractivity (Wildman–Crippen MR) is 164 cm³/mol. The molecule has 0 unspecified atom stereocenters. The van der Waals surface area contributed by atoms with Gasteiger partial charge in [0.15, 0.2) is 0 Å². The SMILES string of the molecule is CNC1CCN(S(=O)(=O)c2cccc3c(O)nccc23)CC1.NC1CCN(S(=O)(=O)c2cccc3c(O)nccc23)CC1. The fourth-order valence-corrected chi connectivity index (χ4v) is 8.91. The number of benzene rings is 2. The molecular weight excluding hydrogens is 592 g/mol. The zero-order chi connectivity index (χ0) is 30.8. The van der Waals surface area contributed by atoms with Crippen molar-refractivity contribution in [3.8, 4) is 11.8 Å². The maximum Gasteiger partial charge on any atom is 0.243 e. The number of aromatic nitrogens is 2. The molecule has 6 rings (SSSR count). The maximum atomic E-state index is 12.9. The summed E-state index contributed by atoms with van der Waals surface area (Å²) in [6.45, 7) is 1.86. The van der Waals surface area contributed by atoms with E-state index in [-0.39, 0.29) is 27.6 Å². The van der Waals surface area contributed by atoms with E-state index in [2.05, 4.69) is 15.3 Å². The van der Waals surface area contributed by atoms with Gasteiger partial charge in [-0.25, -0.2) is 26.8 Å². The van der Waals surface area contributed by atoms with Crippen molar-refractivity contribution in [1.82, 2.24) is 23.9 Å². The van der Waals surface area contributed by atoms with Gasteiger partial charge in [0.05, 0.1) is 9.79 Å². The molecule has 230 valence electrons. The number of nitrogens with zero attached hydrogens (tertiary/aromatic N) is 4. The first-order chi connectivity index (χ1) is 20.5. The van der Waals surface area contributed by atoms with Gasteiger partial charge in [-0.1, -0.05) is 12.1 Å². The zero-order valence-corrected chi connectivity index (χ0v) is 25.4. The van der Waals surface area contributed by atoms with Crippen LogP contribution >= 0.6 is 0 Å². The van der Waals surface area contributed by atoms with Crippen molar-refractivity contribution in [3.63, 3.8) is 0 Å². The van der Waals surface area contributed by atoms with Gasteiger partial charge in [-0.05, 0) is 69.1 Å². The maximum absolute atomic E-state index is 12.9. The van der Waals surface area contributed by atoms with E-state index in [4.69, 9.17) is 5.73 Å². The molecule has 14 heteroatoms. The van der Waals surface area contributed by atoms with Crippen LogP contribution in [0.25, 0.3) is 21.5 Å². The molecule has 4 heterocycles. The third-order valence-corrected chi connectivity index (χ3v) is 12.0. The molecule has 0 amide bonds. The molecule has 4 aromatic rings. The Morgan fingerprint density at radius 3 is 1.53 bits per heavy atom. The number of nitrogens with two attached hydrogens (primary N) is 1. The van der Waals surface area contributed by atoms with E-state index in [1.807, 2.05) is 7.05 Å². The highest BCUT2D eigenvalue weighted by atomic mass is 32.2. The second-order valence-electron chi connectivity index (χ2n) is 10.7. The second-order valence-corrected chi connectivity index (χ2v) is 14.5. The fraction of sp³-hybridized carbons (Fsp3) is 0.379. The summed E-state index contributed by atoms with van der Waals surface area (Å²) in [7, 11) is -5.26. The van der Waals surface area contributed by atoms with Crippen LogP contribution < -0.4 is 11.1 Å². The first-order valence-electron chi connectivity index (χ1n) is 14.1. The molecule has 0 saturated carbocycles.